The molecule has 0 amide bonds. The molecule has 88 valence electrons. The molecule has 2 atom stereocenters. The van der Waals surface area contributed by atoms with E-state index in [1.807, 2.05) is 18.5 Å². The Bertz CT molecular complexity index is 350. The number of nitrogens with zero attached hydrogens (tertiary/aromatic N) is 2. The first kappa shape index (κ1) is 11.7. The van der Waals surface area contributed by atoms with Crippen molar-refractivity contribution < 1.29 is 4.79 Å². The number of Topliss-reactive ketones (excluding diaryl/α,β-unsaturated/α-hetero) is 1. The Balaban J connectivity index is 2.08. The average Bonchev–Trinajstić information content (AvgIpc) is 2.78. The minimum Gasteiger partial charge on any atom is -0.299 e. The van der Waals surface area contributed by atoms with E-state index in [-0.39, 0.29) is 5.92 Å². The number of rotatable bonds is 3. The molecule has 1 aromatic heterocycles. The fraction of sp³-hybridized carbons (Fsp3) is 0.667. The van der Waals surface area contributed by atoms with Gasteiger partial charge < -0.3 is 0 Å². The number of hydrogen-bond donors (Lipinski definition) is 0. The molecule has 0 radical (unpaired) electrons. The summed E-state index contributed by atoms with van der Waals surface area (Å²) < 4.78 is 0. The van der Waals surface area contributed by atoms with Crippen molar-refractivity contribution >= 4 is 17.1 Å². The molecule has 0 N–H and O–H groups in total. The molecule has 0 aliphatic carbocycles. The number of piperidine rings is 1. The Morgan fingerprint density at radius 3 is 3.06 bits per heavy atom. The maximum Gasteiger partial charge on any atom is 0.138 e. The van der Waals surface area contributed by atoms with Crippen molar-refractivity contribution in [2.75, 3.05) is 13.1 Å². The van der Waals surface area contributed by atoms with Gasteiger partial charge in [0.05, 0.1) is 6.04 Å². The Hall–Kier alpha value is -0.740. The van der Waals surface area contributed by atoms with Crippen LogP contribution in [0.4, 0.5) is 0 Å². The summed E-state index contributed by atoms with van der Waals surface area (Å²) >= 11 is 1.71. The van der Waals surface area contributed by atoms with Gasteiger partial charge in [-0.2, -0.15) is 0 Å². The van der Waals surface area contributed by atoms with E-state index in [2.05, 4.69) is 16.8 Å². The van der Waals surface area contributed by atoms with Crippen LogP contribution in [0.1, 0.15) is 37.7 Å². The topological polar surface area (TPSA) is 33.2 Å². The smallest absolute Gasteiger partial charge is 0.138 e. The van der Waals surface area contributed by atoms with E-state index in [4.69, 9.17) is 0 Å². The van der Waals surface area contributed by atoms with Gasteiger partial charge in [-0.05, 0) is 6.42 Å². The SMILES string of the molecule is CCC(c1nccs1)N1CCC(=O)C(C)C1. The molecular formula is C12H18N2OS. The van der Waals surface area contributed by atoms with Crippen molar-refractivity contribution in [3.05, 3.63) is 16.6 Å². The first-order chi connectivity index (χ1) is 7.72. The van der Waals surface area contributed by atoms with Gasteiger partial charge >= 0.3 is 0 Å². The number of ketones is 1. The quantitative estimate of drug-likeness (QED) is 0.811. The predicted molar refractivity (Wildman–Crippen MR) is 65.5 cm³/mol. The summed E-state index contributed by atoms with van der Waals surface area (Å²) in [5, 5.41) is 3.21. The zero-order chi connectivity index (χ0) is 11.5. The van der Waals surface area contributed by atoms with E-state index >= 15 is 0 Å². The third kappa shape index (κ3) is 2.33. The summed E-state index contributed by atoms with van der Waals surface area (Å²) in [5.74, 6) is 0.591. The number of likely N-dealkylation sites (tertiary alicyclic amines) is 1. The molecule has 1 saturated heterocycles. The Labute approximate surface area is 100 Å². The third-order valence-electron chi connectivity index (χ3n) is 3.27. The third-order valence-corrected chi connectivity index (χ3v) is 4.14. The Kier molecular flexibility index (Phi) is 3.71. The average molecular weight is 238 g/mol. The van der Waals surface area contributed by atoms with E-state index in [0.717, 1.165) is 19.5 Å². The summed E-state index contributed by atoms with van der Waals surface area (Å²) in [7, 11) is 0. The van der Waals surface area contributed by atoms with Crippen molar-refractivity contribution in [1.82, 2.24) is 9.88 Å². The van der Waals surface area contributed by atoms with Gasteiger partial charge in [-0.3, -0.25) is 9.69 Å². The highest BCUT2D eigenvalue weighted by Crippen LogP contribution is 2.29. The molecule has 3 nitrogen and oxygen atoms in total. The standard InChI is InChI=1S/C12H18N2OS/c1-3-10(12-13-5-7-16-12)14-6-4-11(15)9(2)8-14/h5,7,9-10H,3-4,6,8H2,1-2H3. The van der Waals surface area contributed by atoms with Gasteiger partial charge in [-0.25, -0.2) is 4.98 Å². The summed E-state index contributed by atoms with van der Waals surface area (Å²) in [6.45, 7) is 5.99. The Morgan fingerprint density at radius 2 is 2.50 bits per heavy atom. The monoisotopic (exact) mass is 238 g/mol. The summed E-state index contributed by atoms with van der Waals surface area (Å²) in [6.07, 6.45) is 3.62. The second kappa shape index (κ2) is 5.06. The van der Waals surface area contributed by atoms with Crippen LogP contribution in [0.2, 0.25) is 0 Å². The molecule has 2 heterocycles. The highest BCUT2D eigenvalue weighted by Gasteiger charge is 2.29. The van der Waals surface area contributed by atoms with Crippen molar-refractivity contribution in [1.29, 1.82) is 0 Å². The number of carbonyl (C=O) groups is 1. The first-order valence-electron chi connectivity index (χ1n) is 5.88. The molecule has 2 rings (SSSR count). The van der Waals surface area contributed by atoms with E-state index in [0.29, 0.717) is 18.2 Å². The van der Waals surface area contributed by atoms with Gasteiger partial charge in [-0.1, -0.05) is 13.8 Å². The zero-order valence-corrected chi connectivity index (χ0v) is 10.7. The lowest BCUT2D eigenvalue weighted by Gasteiger charge is -2.35. The zero-order valence-electron chi connectivity index (χ0n) is 9.85. The highest BCUT2D eigenvalue weighted by molar-refractivity contribution is 7.09. The van der Waals surface area contributed by atoms with E-state index in [1.165, 1.54) is 5.01 Å². The van der Waals surface area contributed by atoms with Crippen LogP contribution in [0.5, 0.6) is 0 Å². The summed E-state index contributed by atoms with van der Waals surface area (Å²) in [4.78, 5) is 18.3. The van der Waals surface area contributed by atoms with Gasteiger partial charge in [-0.15, -0.1) is 11.3 Å². The fourth-order valence-electron chi connectivity index (χ4n) is 2.32. The number of carbonyl (C=O) groups excluding carboxylic acids is 1. The number of thiazole rings is 1. The molecule has 2 unspecified atom stereocenters. The molecule has 0 spiro atoms. The molecular weight excluding hydrogens is 220 g/mol. The van der Waals surface area contributed by atoms with Crippen LogP contribution in [0.3, 0.4) is 0 Å². The second-order valence-electron chi connectivity index (χ2n) is 4.41. The summed E-state index contributed by atoms with van der Waals surface area (Å²) in [6, 6.07) is 0.399. The normalized spacial score (nSPS) is 24.6. The van der Waals surface area contributed by atoms with Gasteiger partial charge in [0, 0.05) is 37.0 Å². The lowest BCUT2D eigenvalue weighted by Crippen LogP contribution is -2.41. The molecule has 0 bridgehead atoms. The van der Waals surface area contributed by atoms with Crippen LogP contribution >= 0.6 is 11.3 Å². The predicted octanol–water partition coefficient (Wildman–Crippen LogP) is 2.51. The van der Waals surface area contributed by atoms with Crippen LogP contribution in [-0.4, -0.2) is 28.8 Å². The number of aromatic nitrogens is 1. The molecule has 1 aromatic rings. The van der Waals surface area contributed by atoms with E-state index < -0.39 is 0 Å². The van der Waals surface area contributed by atoms with Crippen molar-refractivity contribution in [2.45, 2.75) is 32.7 Å². The Morgan fingerprint density at radius 1 is 1.69 bits per heavy atom. The lowest BCUT2D eigenvalue weighted by molar-refractivity contribution is -0.126. The van der Waals surface area contributed by atoms with Gasteiger partial charge in [0.2, 0.25) is 0 Å². The maximum absolute atomic E-state index is 11.5. The van der Waals surface area contributed by atoms with Crippen LogP contribution in [0, 0.1) is 5.92 Å². The van der Waals surface area contributed by atoms with Crippen LogP contribution in [0.25, 0.3) is 0 Å². The van der Waals surface area contributed by atoms with E-state index in [1.54, 1.807) is 11.3 Å². The van der Waals surface area contributed by atoms with Crippen molar-refractivity contribution in [3.8, 4) is 0 Å². The summed E-state index contributed by atoms with van der Waals surface area (Å²) in [5.41, 5.74) is 0. The van der Waals surface area contributed by atoms with Crippen molar-refractivity contribution in [3.63, 3.8) is 0 Å². The molecule has 1 fully saturated rings. The molecule has 0 aromatic carbocycles. The van der Waals surface area contributed by atoms with Crippen LogP contribution in [-0.2, 0) is 4.79 Å². The molecule has 1 aliphatic heterocycles. The van der Waals surface area contributed by atoms with Gasteiger partial charge in [0.1, 0.15) is 10.8 Å². The number of hydrogen-bond acceptors (Lipinski definition) is 4. The first-order valence-corrected chi connectivity index (χ1v) is 6.76. The van der Waals surface area contributed by atoms with E-state index in [9.17, 15) is 4.79 Å². The fourth-order valence-corrected chi connectivity index (χ4v) is 3.17. The maximum atomic E-state index is 11.5. The second-order valence-corrected chi connectivity index (χ2v) is 5.33. The largest absolute Gasteiger partial charge is 0.299 e. The van der Waals surface area contributed by atoms with Gasteiger partial charge in [0.25, 0.3) is 0 Å². The van der Waals surface area contributed by atoms with Crippen LogP contribution in [0.15, 0.2) is 11.6 Å². The molecule has 0 saturated carbocycles. The lowest BCUT2D eigenvalue weighted by atomic mass is 9.97. The van der Waals surface area contributed by atoms with Crippen molar-refractivity contribution in [2.24, 2.45) is 5.92 Å². The van der Waals surface area contributed by atoms with Gasteiger partial charge in [0.15, 0.2) is 0 Å². The minimum atomic E-state index is 0.183. The molecule has 4 heteroatoms. The van der Waals surface area contributed by atoms with Crippen LogP contribution < -0.4 is 0 Å². The molecule has 1 aliphatic rings. The highest BCUT2D eigenvalue weighted by atomic mass is 32.1. The molecule has 16 heavy (non-hydrogen) atoms. The minimum absolute atomic E-state index is 0.183.